The van der Waals surface area contributed by atoms with Crippen LogP contribution in [0.15, 0.2) is 72.9 Å². The fourth-order valence-corrected chi connectivity index (χ4v) is 17.3. The van der Waals surface area contributed by atoms with Crippen molar-refractivity contribution in [2.45, 2.75) is 189 Å². The largest absolute Gasteiger partial charge is 3.00 e. The van der Waals surface area contributed by atoms with E-state index in [2.05, 4.69) is 25.6 Å². The van der Waals surface area contributed by atoms with Gasteiger partial charge < -0.3 is 105 Å². The molecule has 0 radical (unpaired) electrons. The Labute approximate surface area is 631 Å². The molecular weight excluding hydrogens is 1450 g/mol. The summed E-state index contributed by atoms with van der Waals surface area (Å²) in [5, 5.41) is 32.5. The predicted octanol–water partition coefficient (Wildman–Crippen LogP) is 4.49. The summed E-state index contributed by atoms with van der Waals surface area (Å²) in [6.07, 6.45) is -6.58. The van der Waals surface area contributed by atoms with E-state index in [1.165, 1.54) is 17.8 Å². The van der Waals surface area contributed by atoms with Crippen molar-refractivity contribution in [1.29, 1.82) is 5.26 Å². The molecule has 8 rings (SSSR count). The molecule has 1 unspecified atom stereocenters. The number of aryl methyl sites for hydroxylation is 2. The van der Waals surface area contributed by atoms with E-state index in [-0.39, 0.29) is 127 Å². The van der Waals surface area contributed by atoms with E-state index in [4.69, 9.17) is 100 Å². The van der Waals surface area contributed by atoms with Crippen molar-refractivity contribution < 1.29 is 97.7 Å². The second kappa shape index (κ2) is 36.2. The Morgan fingerprint density at radius 3 is 2.02 bits per heavy atom. The van der Waals surface area contributed by atoms with E-state index in [0.29, 0.717) is 56.4 Å². The smallest absolute Gasteiger partial charge is 0.756 e. The second-order valence-electron chi connectivity index (χ2n) is 29.5. The van der Waals surface area contributed by atoms with Crippen LogP contribution in [0.3, 0.4) is 0 Å². The molecule has 35 nitrogen and oxygen atoms in total. The van der Waals surface area contributed by atoms with Gasteiger partial charge in [-0.15, -0.1) is 0 Å². The molecule has 0 aliphatic carbocycles. The molecule has 6 aliphatic rings. The van der Waals surface area contributed by atoms with Crippen molar-refractivity contribution in [3.63, 3.8) is 0 Å². The van der Waals surface area contributed by atoms with Gasteiger partial charge in [-0.2, -0.15) is 5.70 Å². The van der Waals surface area contributed by atoms with Gasteiger partial charge in [0.05, 0.1) is 61.1 Å². The minimum atomic E-state index is -5.49. The zero-order valence-corrected chi connectivity index (χ0v) is 64.1. The molecule has 1 aromatic carbocycles. The number of azide groups is 1. The number of fused-ring (bicyclic) bond motifs is 7. The number of phosphoric acid groups is 1. The zero-order chi connectivity index (χ0) is 78.8. The number of allylic oxidation sites excluding steroid dienone is 6. The number of aliphatic hydroxyl groups is 1. The third-order valence-corrected chi connectivity index (χ3v) is 23.1. The number of primary amides is 6. The summed E-state index contributed by atoms with van der Waals surface area (Å²) in [4.78, 5) is 145. The zero-order valence-electron chi connectivity index (χ0n) is 62.2. The molecule has 37 heteroatoms. The maximum atomic E-state index is 14.6. The van der Waals surface area contributed by atoms with Crippen LogP contribution in [-0.4, -0.2) is 168 Å². The molecule has 7 heterocycles. The van der Waals surface area contributed by atoms with Gasteiger partial charge in [-0.1, -0.05) is 45.8 Å². The van der Waals surface area contributed by atoms with E-state index in [9.17, 15) is 52.9 Å². The Bertz CT molecular complexity index is 4060. The molecule has 15 atom stereocenters. The minimum Gasteiger partial charge on any atom is -0.756 e. The topological polar surface area (TPSA) is 574 Å². The molecule has 15 N–H and O–H groups in total. The van der Waals surface area contributed by atoms with Gasteiger partial charge >= 0.3 is 22.9 Å². The average Bonchev–Trinajstić information content (AvgIpc) is 1.52. The van der Waals surface area contributed by atoms with Gasteiger partial charge in [-0.05, 0) is 125 Å². The SMILES string of the molecule is C/C1=C2/[N-][C@H]([C@H](CC(N)=O)[C@@]2(C)CCC(=O)NC[C@@H](C)OP(=O)([O-])O[C@H]2[C@@H](O)[C@@H](n3cnc4cc(C)c(C)cc43)O[C@@H]2COC(=O)NCCOCCOCCN=[N+]=[N-])[C@]2(C)N=C(/C(C)=C3N=C(/C=C4N=C1[C@@H](CCC(N)=O)C\4(C)C)[C@@H](CCC(N)=O)[C@]\3(C)CC(N)=O)[C@@H](CCC(N)=O)[C@]2(C)CC(N)=O.[C-]#N.[Co+3]. The van der Waals surface area contributed by atoms with Crippen LogP contribution in [0.4, 0.5) is 4.79 Å². The van der Waals surface area contributed by atoms with Gasteiger partial charge in [0.1, 0.15) is 24.9 Å². The number of nitrogens with one attached hydrogen (secondary N) is 2. The summed E-state index contributed by atoms with van der Waals surface area (Å²) in [5.74, 6) is -7.65. The van der Waals surface area contributed by atoms with E-state index < -0.39 is 156 Å². The molecule has 6 aliphatic heterocycles. The van der Waals surface area contributed by atoms with Crippen molar-refractivity contribution in [3.8, 4) is 0 Å². The molecule has 2 fully saturated rings. The molecule has 0 saturated carbocycles. The first-order valence-corrected chi connectivity index (χ1v) is 36.5. The molecule has 0 spiro atoms. The summed E-state index contributed by atoms with van der Waals surface area (Å²) in [6, 6.07) is 2.57. The van der Waals surface area contributed by atoms with Crippen LogP contribution < -0.4 is 49.9 Å². The van der Waals surface area contributed by atoms with E-state index in [1.807, 2.05) is 66.7 Å². The van der Waals surface area contributed by atoms with Crippen molar-refractivity contribution in [1.82, 2.24) is 20.2 Å². The number of aliphatic hydroxyl groups excluding tert-OH is 1. The van der Waals surface area contributed by atoms with E-state index in [1.54, 1.807) is 20.8 Å². The van der Waals surface area contributed by atoms with Crippen LogP contribution in [0.25, 0.3) is 26.8 Å². The standard InChI is InChI=1S/C69H102N17O17P.CN.Co/c1-35-26-45-46(27-36(35)2)86(34-79-45)63-58(94)59(47(101-63)33-100-64(95)77-20-22-98-24-25-99-23-21-80-85-76)103-104(96,97)102-37(3)32-78-55(93)18-19-66(8)43(28-52(73)90)62-69(11)68(10,31-54(75)92)42(14-17-51(72)89)57(84-69)39(5)61-67(9,30-53(74)91)40(12-15-49(70)87)44(81-61)29-48-65(6,7)41(13-16-50(71)88)56(82-48)38(4)60(66)83-62;1-2;/h26-27,29,34,37,40-43,47,58-59,62-63,94H,12-25,28,30-33H2,1-11H3,(H16,70,71,72,73,74,75,77,78,81,82,83,84,87,88,89,90,91,92,93,95,96,97);;/q;-1;+3/p-2/t37-,40-,41-,42-,43+,47-,58-,59-,62-,63+,66-,67+,68+,69+;;/m1../s1. The first-order valence-electron chi connectivity index (χ1n) is 35.1. The normalized spacial score (nSPS) is 30.1. The molecule has 586 valence electrons. The molecule has 1 aromatic heterocycles. The Morgan fingerprint density at radius 2 is 1.41 bits per heavy atom. The van der Waals surface area contributed by atoms with Gasteiger partial charge in [0.2, 0.25) is 41.4 Å². The quantitative estimate of drug-likeness (QED) is 0.0113. The van der Waals surface area contributed by atoms with E-state index >= 15 is 0 Å². The Balaban J connectivity index is 0.00000592. The third-order valence-electron chi connectivity index (χ3n) is 22.0. The number of nitrogens with zero attached hydrogens (tertiary/aromatic N) is 10. The minimum absolute atomic E-state index is 0. The van der Waals surface area contributed by atoms with Crippen LogP contribution in [0, 0.1) is 71.0 Å². The number of carbonyl (C=O) groups excluding carboxylic acids is 8. The number of nitrogens with two attached hydrogens (primary N) is 6. The summed E-state index contributed by atoms with van der Waals surface area (Å²) < 4.78 is 49.1. The number of benzene rings is 1. The molecular formula is C70H100CoN18O17P. The first kappa shape index (κ1) is 87.4. The summed E-state index contributed by atoms with van der Waals surface area (Å²) in [7, 11) is -5.49. The first-order chi connectivity index (χ1) is 49.7. The maximum absolute atomic E-state index is 14.6. The van der Waals surface area contributed by atoms with Gasteiger partial charge in [0.25, 0.3) is 7.82 Å². The number of hydrogen-bond donors (Lipinski definition) is 9. The van der Waals surface area contributed by atoms with Gasteiger partial charge in [-0.25, -0.2) is 9.78 Å². The summed E-state index contributed by atoms with van der Waals surface area (Å²) >= 11 is 0. The fourth-order valence-electron chi connectivity index (χ4n) is 16.2. The monoisotopic (exact) mass is 1550 g/mol. The number of aliphatic imine (C=N–C) groups is 3. The van der Waals surface area contributed by atoms with Gasteiger partial charge in [-0.3, -0.25) is 53.1 Å². The maximum Gasteiger partial charge on any atom is 3.00 e. The number of carbonyl (C=O) groups is 8. The molecule has 2 saturated heterocycles. The fraction of sp³-hybridized carbons (Fsp3) is 0.643. The number of phosphoric ester groups is 1. The Hall–Kier alpha value is -8.46. The predicted molar refractivity (Wildman–Crippen MR) is 384 cm³/mol. The molecule has 8 amide bonds. The summed E-state index contributed by atoms with van der Waals surface area (Å²) in [5.41, 5.74) is 44.7. The summed E-state index contributed by atoms with van der Waals surface area (Å²) in [6.45, 7) is 24.4. The number of amides is 8. The molecule has 2 aromatic rings. The van der Waals surface area contributed by atoms with Gasteiger partial charge in [0, 0.05) is 126 Å². The van der Waals surface area contributed by atoms with Crippen molar-refractivity contribution >= 4 is 83.4 Å². The van der Waals surface area contributed by atoms with E-state index in [0.717, 1.165) is 11.1 Å². The Kier molecular flexibility index (Phi) is 29.6. The number of aromatic nitrogens is 2. The number of hydrogen-bond acceptors (Lipinski definition) is 23. The van der Waals surface area contributed by atoms with Crippen molar-refractivity contribution in [3.05, 3.63) is 86.2 Å². The van der Waals surface area contributed by atoms with Gasteiger partial charge in [0.15, 0.2) is 6.23 Å². The average molecular weight is 1560 g/mol. The van der Waals surface area contributed by atoms with Crippen molar-refractivity contribution in [2.24, 2.45) is 99.8 Å². The molecule has 107 heavy (non-hydrogen) atoms. The van der Waals surface area contributed by atoms with Crippen LogP contribution in [0.5, 0.6) is 0 Å². The number of rotatable bonds is 36. The van der Waals surface area contributed by atoms with Crippen LogP contribution in [-0.2, 0) is 82.9 Å². The van der Waals surface area contributed by atoms with Crippen LogP contribution in [0.2, 0.25) is 0 Å². The number of alkyl carbamates (subject to hydrolysis) is 1. The molecule has 8 bridgehead atoms. The van der Waals surface area contributed by atoms with Crippen LogP contribution >= 0.6 is 7.82 Å². The number of imidazole rings is 1. The number of ether oxygens (including phenoxy) is 4. The Morgan fingerprint density at radius 1 is 0.804 bits per heavy atom. The van der Waals surface area contributed by atoms with Crippen molar-refractivity contribution in [2.75, 3.05) is 52.7 Å². The van der Waals surface area contributed by atoms with Crippen LogP contribution in [0.1, 0.15) is 150 Å². The second-order valence-corrected chi connectivity index (χ2v) is 30.8. The third kappa shape index (κ3) is 19.5.